The second-order valence-corrected chi connectivity index (χ2v) is 5.70. The van der Waals surface area contributed by atoms with Gasteiger partial charge in [-0.15, -0.1) is 0 Å². The van der Waals surface area contributed by atoms with Crippen LogP contribution < -0.4 is 0 Å². The largest absolute Gasteiger partial charge is 0.467 e. The normalized spacial score (nSPS) is 12.6. The molecule has 0 saturated heterocycles. The molecule has 2 aromatic rings. The second-order valence-electron chi connectivity index (χ2n) is 5.70. The van der Waals surface area contributed by atoms with Gasteiger partial charge in [0.15, 0.2) is 5.76 Å². The number of methoxy groups -OCH3 is 1. The molecule has 0 aliphatic rings. The lowest BCUT2D eigenvalue weighted by Crippen LogP contribution is -2.40. The smallest absolute Gasteiger partial charge is 0.290 e. The minimum absolute atomic E-state index is 0.0635. The number of hydrogen-bond donors (Lipinski definition) is 0. The minimum atomic E-state index is -0.139. The molecule has 2 heterocycles. The van der Waals surface area contributed by atoms with Crippen LogP contribution in [0.5, 0.6) is 0 Å². The Hall–Kier alpha value is -2.01. The first kappa shape index (κ1) is 16.4. The first-order chi connectivity index (χ1) is 10.5. The Morgan fingerprint density at radius 1 is 1.23 bits per heavy atom. The summed E-state index contributed by atoms with van der Waals surface area (Å²) in [6, 6.07) is 7.21. The highest BCUT2D eigenvalue weighted by molar-refractivity contribution is 5.91. The minimum Gasteiger partial charge on any atom is -0.467 e. The third-order valence-electron chi connectivity index (χ3n) is 3.78. The Kier molecular flexibility index (Phi) is 5.44. The highest BCUT2D eigenvalue weighted by Gasteiger charge is 2.26. The van der Waals surface area contributed by atoms with E-state index in [2.05, 4.69) is 13.8 Å². The number of carbonyl (C=O) groups excluding carboxylic acids is 1. The first-order valence-corrected chi connectivity index (χ1v) is 7.44. The molecule has 0 aromatic carbocycles. The molecular weight excluding hydrogens is 282 g/mol. The molecule has 0 bridgehead atoms. The Bertz CT molecular complexity index is 586. The van der Waals surface area contributed by atoms with Crippen molar-refractivity contribution < 1.29 is 18.4 Å². The van der Waals surface area contributed by atoms with Gasteiger partial charge in [0, 0.05) is 13.2 Å². The van der Waals surface area contributed by atoms with E-state index in [-0.39, 0.29) is 11.9 Å². The monoisotopic (exact) mass is 305 g/mol. The standard InChI is InChI=1S/C17H23NO4/c1-12(2)13(3)18(10-14-6-5-9-21-14)17(19)16-8-7-15(22-16)11-20-4/h5-9,12-13H,10-11H2,1-4H3/t13-/m1/s1. The van der Waals surface area contributed by atoms with Crippen LogP contribution >= 0.6 is 0 Å². The fraction of sp³-hybridized carbons (Fsp3) is 0.471. The van der Waals surface area contributed by atoms with Crippen molar-refractivity contribution >= 4 is 5.91 Å². The van der Waals surface area contributed by atoms with E-state index in [9.17, 15) is 4.79 Å². The van der Waals surface area contributed by atoms with Crippen molar-refractivity contribution in [3.05, 3.63) is 47.8 Å². The molecule has 120 valence electrons. The number of furan rings is 2. The van der Waals surface area contributed by atoms with E-state index in [4.69, 9.17) is 13.6 Å². The van der Waals surface area contributed by atoms with Crippen LogP contribution in [0.4, 0.5) is 0 Å². The molecule has 1 amide bonds. The van der Waals surface area contributed by atoms with Gasteiger partial charge >= 0.3 is 0 Å². The van der Waals surface area contributed by atoms with Gasteiger partial charge in [0.25, 0.3) is 5.91 Å². The fourth-order valence-corrected chi connectivity index (χ4v) is 2.19. The second kappa shape index (κ2) is 7.31. The third kappa shape index (κ3) is 3.80. The summed E-state index contributed by atoms with van der Waals surface area (Å²) in [6.45, 7) is 6.98. The zero-order chi connectivity index (χ0) is 16.1. The molecule has 22 heavy (non-hydrogen) atoms. The summed E-state index contributed by atoms with van der Waals surface area (Å²) in [7, 11) is 1.59. The topological polar surface area (TPSA) is 55.8 Å². The van der Waals surface area contributed by atoms with Crippen molar-refractivity contribution in [3.63, 3.8) is 0 Å². The van der Waals surface area contributed by atoms with Crippen molar-refractivity contribution in [2.45, 2.75) is 40.0 Å². The van der Waals surface area contributed by atoms with E-state index in [1.807, 2.05) is 19.1 Å². The number of carbonyl (C=O) groups is 1. The molecule has 0 fully saturated rings. The maximum absolute atomic E-state index is 12.8. The van der Waals surface area contributed by atoms with Crippen LogP contribution in [-0.4, -0.2) is 24.0 Å². The number of nitrogens with zero attached hydrogens (tertiary/aromatic N) is 1. The molecule has 0 aliphatic carbocycles. The number of ether oxygens (including phenoxy) is 1. The van der Waals surface area contributed by atoms with E-state index in [1.54, 1.807) is 30.4 Å². The van der Waals surface area contributed by atoms with Crippen LogP contribution in [-0.2, 0) is 17.9 Å². The molecule has 0 spiro atoms. The fourth-order valence-electron chi connectivity index (χ4n) is 2.19. The number of hydrogen-bond acceptors (Lipinski definition) is 4. The zero-order valence-corrected chi connectivity index (χ0v) is 13.5. The average molecular weight is 305 g/mol. The Balaban J connectivity index is 2.20. The lowest BCUT2D eigenvalue weighted by molar-refractivity contribution is 0.0571. The summed E-state index contributed by atoms with van der Waals surface area (Å²) in [6.07, 6.45) is 1.61. The van der Waals surface area contributed by atoms with Crippen LogP contribution in [0.15, 0.2) is 39.4 Å². The van der Waals surface area contributed by atoms with Gasteiger partial charge in [0.1, 0.15) is 18.1 Å². The molecule has 0 radical (unpaired) electrons. The van der Waals surface area contributed by atoms with Gasteiger partial charge in [-0.1, -0.05) is 13.8 Å². The van der Waals surface area contributed by atoms with E-state index >= 15 is 0 Å². The van der Waals surface area contributed by atoms with Crippen LogP contribution in [0.2, 0.25) is 0 Å². The summed E-state index contributed by atoms with van der Waals surface area (Å²) in [5, 5.41) is 0. The van der Waals surface area contributed by atoms with E-state index in [1.165, 1.54) is 0 Å². The Morgan fingerprint density at radius 2 is 2.00 bits per heavy atom. The lowest BCUT2D eigenvalue weighted by atomic mass is 10.0. The van der Waals surface area contributed by atoms with Gasteiger partial charge in [-0.05, 0) is 37.1 Å². The predicted molar refractivity (Wildman–Crippen MR) is 82.3 cm³/mol. The summed E-state index contributed by atoms with van der Waals surface area (Å²) in [5.41, 5.74) is 0. The van der Waals surface area contributed by atoms with Crippen LogP contribution in [0.3, 0.4) is 0 Å². The van der Waals surface area contributed by atoms with Crippen LogP contribution in [0.1, 0.15) is 42.8 Å². The van der Waals surface area contributed by atoms with E-state index in [0.29, 0.717) is 30.6 Å². The molecule has 0 N–H and O–H groups in total. The van der Waals surface area contributed by atoms with Crippen molar-refractivity contribution in [2.24, 2.45) is 5.92 Å². The molecule has 0 aliphatic heterocycles. The average Bonchev–Trinajstić information content (AvgIpc) is 3.15. The maximum Gasteiger partial charge on any atom is 0.290 e. The molecule has 1 atom stereocenters. The predicted octanol–water partition coefficient (Wildman–Crippen LogP) is 3.71. The molecule has 2 rings (SSSR count). The van der Waals surface area contributed by atoms with Crippen LogP contribution in [0, 0.1) is 5.92 Å². The molecule has 0 unspecified atom stereocenters. The molecule has 0 saturated carbocycles. The SMILES string of the molecule is COCc1ccc(C(=O)N(Cc2ccco2)[C@H](C)C(C)C)o1. The number of amides is 1. The van der Waals surface area contributed by atoms with Gasteiger partial charge in [-0.25, -0.2) is 0 Å². The first-order valence-electron chi connectivity index (χ1n) is 7.44. The third-order valence-corrected chi connectivity index (χ3v) is 3.78. The van der Waals surface area contributed by atoms with Gasteiger partial charge in [-0.3, -0.25) is 4.79 Å². The van der Waals surface area contributed by atoms with Gasteiger partial charge in [0.2, 0.25) is 0 Å². The quantitative estimate of drug-likeness (QED) is 0.782. The van der Waals surface area contributed by atoms with Crippen molar-refractivity contribution in [1.82, 2.24) is 4.90 Å². The molecular formula is C17H23NO4. The van der Waals surface area contributed by atoms with Crippen molar-refractivity contribution in [2.75, 3.05) is 7.11 Å². The lowest BCUT2D eigenvalue weighted by Gasteiger charge is -2.30. The van der Waals surface area contributed by atoms with Gasteiger partial charge in [0.05, 0.1) is 12.8 Å². The summed E-state index contributed by atoms with van der Waals surface area (Å²) < 4.78 is 16.0. The summed E-state index contributed by atoms with van der Waals surface area (Å²) in [5.74, 6) is 1.91. The Morgan fingerprint density at radius 3 is 2.59 bits per heavy atom. The number of rotatable bonds is 7. The van der Waals surface area contributed by atoms with Crippen molar-refractivity contribution in [3.8, 4) is 0 Å². The summed E-state index contributed by atoms with van der Waals surface area (Å²) >= 11 is 0. The summed E-state index contributed by atoms with van der Waals surface area (Å²) in [4.78, 5) is 14.6. The van der Waals surface area contributed by atoms with Gasteiger partial charge < -0.3 is 18.5 Å². The van der Waals surface area contributed by atoms with Crippen molar-refractivity contribution in [1.29, 1.82) is 0 Å². The molecule has 5 nitrogen and oxygen atoms in total. The highest BCUT2D eigenvalue weighted by Crippen LogP contribution is 2.20. The molecule has 5 heteroatoms. The van der Waals surface area contributed by atoms with Gasteiger partial charge in [-0.2, -0.15) is 0 Å². The Labute approximate surface area is 130 Å². The highest BCUT2D eigenvalue weighted by atomic mass is 16.5. The van der Waals surface area contributed by atoms with Crippen LogP contribution in [0.25, 0.3) is 0 Å². The van der Waals surface area contributed by atoms with E-state index < -0.39 is 0 Å². The molecule has 2 aromatic heterocycles. The maximum atomic E-state index is 12.8. The zero-order valence-electron chi connectivity index (χ0n) is 13.5. The van der Waals surface area contributed by atoms with E-state index in [0.717, 1.165) is 5.76 Å².